The van der Waals surface area contributed by atoms with Gasteiger partial charge in [-0.05, 0) is 79.0 Å². The SMILES string of the molecule is CC1(C)C(=O)C(Br)=C1N[C@@H](Cc1ccc(-n2c([C@H]3CCCCN3)nc3cccnc32)cc1)C(=O)O. The molecule has 1 aromatic carbocycles. The number of imidazole rings is 1. The fraction of sp³-hybridized carbons (Fsp3) is 0.385. The molecule has 9 heteroatoms. The summed E-state index contributed by atoms with van der Waals surface area (Å²) < 4.78 is 2.52. The van der Waals surface area contributed by atoms with E-state index in [4.69, 9.17) is 4.98 Å². The minimum atomic E-state index is -0.965. The molecule has 0 radical (unpaired) electrons. The van der Waals surface area contributed by atoms with Crippen LogP contribution in [-0.4, -0.2) is 44.0 Å². The number of pyridine rings is 1. The van der Waals surface area contributed by atoms with Gasteiger partial charge in [-0.2, -0.15) is 0 Å². The van der Waals surface area contributed by atoms with Crippen LogP contribution in [0.15, 0.2) is 52.8 Å². The van der Waals surface area contributed by atoms with Crippen molar-refractivity contribution in [2.45, 2.75) is 51.6 Å². The summed E-state index contributed by atoms with van der Waals surface area (Å²) in [5.41, 5.74) is 3.39. The first-order valence-corrected chi connectivity index (χ1v) is 12.7. The number of hydrogen-bond acceptors (Lipinski definition) is 6. The number of ketones is 1. The highest BCUT2D eigenvalue weighted by atomic mass is 79.9. The number of benzene rings is 1. The van der Waals surface area contributed by atoms with Crippen LogP contribution in [0.3, 0.4) is 0 Å². The van der Waals surface area contributed by atoms with Crippen molar-refractivity contribution in [2.75, 3.05) is 6.54 Å². The zero-order chi connectivity index (χ0) is 24.7. The lowest BCUT2D eigenvalue weighted by Gasteiger charge is -2.38. The molecule has 3 heterocycles. The lowest BCUT2D eigenvalue weighted by Crippen LogP contribution is -2.50. The lowest BCUT2D eigenvalue weighted by molar-refractivity contribution is -0.139. The van der Waals surface area contributed by atoms with Crippen molar-refractivity contribution >= 4 is 38.8 Å². The first kappa shape index (κ1) is 23.7. The van der Waals surface area contributed by atoms with E-state index in [1.807, 2.05) is 36.4 Å². The molecule has 2 aliphatic rings. The zero-order valence-electron chi connectivity index (χ0n) is 19.7. The standard InChI is InChI=1S/C26H28BrN5O3/c1-26(2)21(20(27)22(26)33)30-19(25(34)35)14-15-8-10-16(11-9-15)32-23-18(7-5-13-29-23)31-24(32)17-6-3-4-12-28-17/h5,7-11,13,17,19,28,30H,3-4,6,12,14H2,1-2H3,(H,34,35)/t17-,19+/m1/s1. The number of nitrogens with one attached hydrogen (secondary N) is 2. The minimum absolute atomic E-state index is 0.0297. The molecule has 2 atom stereocenters. The van der Waals surface area contributed by atoms with Crippen LogP contribution in [0, 0.1) is 5.41 Å². The van der Waals surface area contributed by atoms with Gasteiger partial charge in [-0.15, -0.1) is 0 Å². The van der Waals surface area contributed by atoms with Gasteiger partial charge in [-0.3, -0.25) is 9.36 Å². The summed E-state index contributed by atoms with van der Waals surface area (Å²) in [6, 6.07) is 11.0. The molecule has 1 saturated heterocycles. The minimum Gasteiger partial charge on any atom is -0.480 e. The van der Waals surface area contributed by atoms with Gasteiger partial charge in [0.2, 0.25) is 0 Å². The van der Waals surface area contributed by atoms with E-state index in [0.29, 0.717) is 10.2 Å². The van der Waals surface area contributed by atoms with Gasteiger partial charge in [0.1, 0.15) is 17.4 Å². The van der Waals surface area contributed by atoms with Crippen LogP contribution in [0.2, 0.25) is 0 Å². The fourth-order valence-corrected chi connectivity index (χ4v) is 5.94. The van der Waals surface area contributed by atoms with Crippen LogP contribution in [0.4, 0.5) is 0 Å². The van der Waals surface area contributed by atoms with Crippen LogP contribution in [0.1, 0.15) is 50.5 Å². The monoisotopic (exact) mass is 537 g/mol. The maximum absolute atomic E-state index is 12.1. The first-order chi connectivity index (χ1) is 16.8. The van der Waals surface area contributed by atoms with Crippen LogP contribution in [-0.2, 0) is 16.0 Å². The highest BCUT2D eigenvalue weighted by Crippen LogP contribution is 2.43. The Kier molecular flexibility index (Phi) is 6.23. The highest BCUT2D eigenvalue weighted by Gasteiger charge is 2.46. The Morgan fingerprint density at radius 3 is 2.71 bits per heavy atom. The number of halogens is 1. The normalized spacial score (nSPS) is 20.5. The Hall–Kier alpha value is -3.04. The Morgan fingerprint density at radius 2 is 2.06 bits per heavy atom. The van der Waals surface area contributed by atoms with Crippen LogP contribution in [0.5, 0.6) is 0 Å². The van der Waals surface area contributed by atoms with E-state index >= 15 is 0 Å². The second kappa shape index (κ2) is 9.20. The molecule has 8 nitrogen and oxygen atoms in total. The molecule has 3 N–H and O–H groups in total. The van der Waals surface area contributed by atoms with Gasteiger partial charge in [-0.1, -0.05) is 18.6 Å². The second-order valence-corrected chi connectivity index (χ2v) is 10.5. The largest absolute Gasteiger partial charge is 0.480 e. The van der Waals surface area contributed by atoms with Crippen molar-refractivity contribution in [2.24, 2.45) is 5.41 Å². The number of nitrogens with zero attached hydrogens (tertiary/aromatic N) is 3. The fourth-order valence-electron chi connectivity index (χ4n) is 4.84. The van der Waals surface area contributed by atoms with Gasteiger partial charge < -0.3 is 15.7 Å². The van der Waals surface area contributed by atoms with E-state index in [2.05, 4.69) is 36.1 Å². The van der Waals surface area contributed by atoms with Gasteiger partial charge in [0.25, 0.3) is 0 Å². The summed E-state index contributed by atoms with van der Waals surface area (Å²) in [7, 11) is 0. The number of carboxylic acids is 1. The van der Waals surface area contributed by atoms with E-state index in [-0.39, 0.29) is 18.2 Å². The maximum atomic E-state index is 12.1. The van der Waals surface area contributed by atoms with Crippen LogP contribution < -0.4 is 10.6 Å². The van der Waals surface area contributed by atoms with Crippen molar-refractivity contribution in [3.05, 3.63) is 64.2 Å². The third kappa shape index (κ3) is 4.27. The Balaban J connectivity index is 1.42. The van der Waals surface area contributed by atoms with Crippen molar-refractivity contribution in [1.82, 2.24) is 25.2 Å². The first-order valence-electron chi connectivity index (χ1n) is 11.9. The number of carbonyl (C=O) groups is 2. The Labute approximate surface area is 212 Å². The number of carbonyl (C=O) groups excluding carboxylic acids is 1. The van der Waals surface area contributed by atoms with E-state index in [1.165, 1.54) is 6.42 Å². The molecule has 1 aliphatic heterocycles. The third-order valence-electron chi connectivity index (χ3n) is 6.93. The number of carboxylic acid groups (broad SMARTS) is 1. The molecule has 0 spiro atoms. The molecule has 0 saturated carbocycles. The number of piperidine rings is 1. The predicted molar refractivity (Wildman–Crippen MR) is 136 cm³/mol. The predicted octanol–water partition coefficient (Wildman–Crippen LogP) is 4.04. The van der Waals surface area contributed by atoms with Crippen molar-refractivity contribution in [3.63, 3.8) is 0 Å². The molecule has 5 rings (SSSR count). The molecule has 182 valence electrons. The number of fused-ring (bicyclic) bond motifs is 1. The number of allylic oxidation sites excluding steroid dienone is 2. The molecule has 35 heavy (non-hydrogen) atoms. The summed E-state index contributed by atoms with van der Waals surface area (Å²) in [5, 5.41) is 16.5. The average Bonchev–Trinajstić information content (AvgIpc) is 3.26. The number of aliphatic carboxylic acids is 1. The van der Waals surface area contributed by atoms with E-state index in [1.54, 1.807) is 20.0 Å². The topological polar surface area (TPSA) is 109 Å². The van der Waals surface area contributed by atoms with Crippen molar-refractivity contribution in [3.8, 4) is 5.69 Å². The number of Topliss-reactive ketones (excluding diaryl/α,β-unsaturated/α-hetero) is 1. The molecule has 1 fully saturated rings. The van der Waals surface area contributed by atoms with Gasteiger partial charge >= 0.3 is 5.97 Å². The highest BCUT2D eigenvalue weighted by molar-refractivity contribution is 9.12. The summed E-state index contributed by atoms with van der Waals surface area (Å²) >= 11 is 3.28. The van der Waals surface area contributed by atoms with Crippen molar-refractivity contribution in [1.29, 1.82) is 0 Å². The summed E-state index contributed by atoms with van der Waals surface area (Å²) in [5.74, 6) is -0.0460. The third-order valence-corrected chi connectivity index (χ3v) is 7.68. The molecule has 1 aliphatic carbocycles. The van der Waals surface area contributed by atoms with Gasteiger partial charge in [-0.25, -0.2) is 14.8 Å². The van der Waals surface area contributed by atoms with Crippen LogP contribution in [0.25, 0.3) is 16.9 Å². The maximum Gasteiger partial charge on any atom is 0.326 e. The summed E-state index contributed by atoms with van der Waals surface area (Å²) in [4.78, 5) is 33.5. The van der Waals surface area contributed by atoms with Crippen molar-refractivity contribution < 1.29 is 14.7 Å². The van der Waals surface area contributed by atoms with Gasteiger partial charge in [0.05, 0.1) is 15.9 Å². The number of aromatic nitrogens is 3. The zero-order valence-corrected chi connectivity index (χ0v) is 21.3. The summed E-state index contributed by atoms with van der Waals surface area (Å²) in [6.45, 7) is 4.55. The Bertz CT molecular complexity index is 1320. The number of rotatable bonds is 7. The van der Waals surface area contributed by atoms with E-state index in [9.17, 15) is 14.7 Å². The molecule has 3 aromatic rings. The molecule has 0 bridgehead atoms. The van der Waals surface area contributed by atoms with Crippen LogP contribution >= 0.6 is 15.9 Å². The lowest BCUT2D eigenvalue weighted by atomic mass is 9.74. The molecular weight excluding hydrogens is 510 g/mol. The quantitative estimate of drug-likeness (QED) is 0.417. The smallest absolute Gasteiger partial charge is 0.326 e. The second-order valence-electron chi connectivity index (χ2n) is 9.70. The molecule has 2 aromatic heterocycles. The molecular formula is C26H28BrN5O3. The Morgan fingerprint density at radius 1 is 1.29 bits per heavy atom. The van der Waals surface area contributed by atoms with E-state index < -0.39 is 17.4 Å². The van der Waals surface area contributed by atoms with Gasteiger partial charge in [0.15, 0.2) is 11.4 Å². The molecule has 0 amide bonds. The van der Waals surface area contributed by atoms with Gasteiger partial charge in [0, 0.05) is 24.0 Å². The number of hydrogen-bond donors (Lipinski definition) is 3. The van der Waals surface area contributed by atoms with E-state index in [0.717, 1.165) is 47.6 Å². The average molecular weight is 538 g/mol. The summed E-state index contributed by atoms with van der Waals surface area (Å²) in [6.07, 6.45) is 5.41. The molecule has 0 unspecified atom stereocenters.